The molecule has 1 aliphatic carbocycles. The molecule has 0 heterocycles. The predicted molar refractivity (Wildman–Crippen MR) is 85.1 cm³/mol. The van der Waals surface area contributed by atoms with Gasteiger partial charge in [-0.05, 0) is 37.0 Å². The van der Waals surface area contributed by atoms with Gasteiger partial charge in [0.2, 0.25) is 0 Å². The second-order valence-electron chi connectivity index (χ2n) is 5.87. The Morgan fingerprint density at radius 1 is 1.50 bits per heavy atom. The minimum Gasteiger partial charge on any atom is -0.492 e. The fourth-order valence-electron chi connectivity index (χ4n) is 3.06. The number of hydrogen-bond acceptors (Lipinski definition) is 3. The van der Waals surface area contributed by atoms with E-state index in [9.17, 15) is 5.11 Å². The molecule has 0 amide bonds. The summed E-state index contributed by atoms with van der Waals surface area (Å²) in [6.45, 7) is 3.86. The molecule has 1 saturated carbocycles. The van der Waals surface area contributed by atoms with Crippen molar-refractivity contribution in [1.29, 1.82) is 0 Å². The van der Waals surface area contributed by atoms with Crippen LogP contribution in [0.4, 0.5) is 0 Å². The van der Waals surface area contributed by atoms with E-state index in [2.05, 4.69) is 28.2 Å². The molecular formula is C16H24BrNO2. The lowest BCUT2D eigenvalue weighted by Gasteiger charge is -2.39. The Hall–Kier alpha value is -0.580. The van der Waals surface area contributed by atoms with Crippen LogP contribution in [0.2, 0.25) is 0 Å². The van der Waals surface area contributed by atoms with Crippen molar-refractivity contribution in [3.63, 3.8) is 0 Å². The molecule has 20 heavy (non-hydrogen) atoms. The highest BCUT2D eigenvalue weighted by Gasteiger charge is 2.33. The molecule has 0 spiro atoms. The van der Waals surface area contributed by atoms with Crippen LogP contribution in [0.15, 0.2) is 28.7 Å². The second-order valence-corrected chi connectivity index (χ2v) is 6.79. The van der Waals surface area contributed by atoms with Gasteiger partial charge in [-0.3, -0.25) is 0 Å². The maximum Gasteiger partial charge on any atom is 0.120 e. The molecule has 2 rings (SSSR count). The number of aliphatic hydroxyl groups is 1. The first-order valence-corrected chi connectivity index (χ1v) is 8.17. The van der Waals surface area contributed by atoms with Gasteiger partial charge in [0.1, 0.15) is 12.4 Å². The smallest absolute Gasteiger partial charge is 0.120 e. The van der Waals surface area contributed by atoms with Gasteiger partial charge >= 0.3 is 0 Å². The van der Waals surface area contributed by atoms with Gasteiger partial charge in [0.15, 0.2) is 0 Å². The van der Waals surface area contributed by atoms with Gasteiger partial charge in [0.05, 0.1) is 6.61 Å². The average molecular weight is 342 g/mol. The molecule has 1 aliphatic rings. The standard InChI is InChI=1S/C16H24BrNO2/c1-13-4-3-7-16(11-13,12-19)18-8-9-20-15-6-2-5-14(17)10-15/h2,5-6,10,13,18-19H,3-4,7-9,11-12H2,1H3. The Balaban J connectivity index is 1.76. The Kier molecular flexibility index (Phi) is 5.87. The highest BCUT2D eigenvalue weighted by Crippen LogP contribution is 2.31. The van der Waals surface area contributed by atoms with Crippen LogP contribution < -0.4 is 10.1 Å². The maximum atomic E-state index is 9.70. The maximum absolute atomic E-state index is 9.70. The lowest BCUT2D eigenvalue weighted by atomic mass is 9.77. The van der Waals surface area contributed by atoms with Crippen LogP contribution in [-0.2, 0) is 0 Å². The van der Waals surface area contributed by atoms with Crippen molar-refractivity contribution in [3.05, 3.63) is 28.7 Å². The van der Waals surface area contributed by atoms with Gasteiger partial charge in [-0.1, -0.05) is 41.8 Å². The van der Waals surface area contributed by atoms with E-state index < -0.39 is 0 Å². The molecule has 1 fully saturated rings. The molecule has 3 nitrogen and oxygen atoms in total. The minimum atomic E-state index is -0.0989. The summed E-state index contributed by atoms with van der Waals surface area (Å²) in [4.78, 5) is 0. The Labute approximate surface area is 129 Å². The number of benzene rings is 1. The summed E-state index contributed by atoms with van der Waals surface area (Å²) in [6.07, 6.45) is 4.59. The van der Waals surface area contributed by atoms with Gasteiger partial charge in [-0.2, -0.15) is 0 Å². The Morgan fingerprint density at radius 2 is 2.35 bits per heavy atom. The van der Waals surface area contributed by atoms with E-state index in [0.717, 1.165) is 29.6 Å². The normalized spacial score (nSPS) is 26.4. The molecule has 112 valence electrons. The van der Waals surface area contributed by atoms with Gasteiger partial charge in [0.25, 0.3) is 0 Å². The van der Waals surface area contributed by atoms with Crippen LogP contribution in [0.3, 0.4) is 0 Å². The molecule has 0 radical (unpaired) electrons. The van der Waals surface area contributed by atoms with E-state index in [1.54, 1.807) is 0 Å². The summed E-state index contributed by atoms with van der Waals surface area (Å²) in [6, 6.07) is 7.86. The van der Waals surface area contributed by atoms with E-state index in [1.807, 2.05) is 24.3 Å². The summed E-state index contributed by atoms with van der Waals surface area (Å²) in [7, 11) is 0. The molecule has 2 atom stereocenters. The molecule has 0 bridgehead atoms. The van der Waals surface area contributed by atoms with Gasteiger partial charge < -0.3 is 15.2 Å². The number of nitrogens with one attached hydrogen (secondary N) is 1. The van der Waals surface area contributed by atoms with Gasteiger partial charge in [-0.15, -0.1) is 0 Å². The highest BCUT2D eigenvalue weighted by molar-refractivity contribution is 9.10. The lowest BCUT2D eigenvalue weighted by molar-refractivity contribution is 0.0956. The first-order valence-electron chi connectivity index (χ1n) is 7.38. The van der Waals surface area contributed by atoms with Crippen LogP contribution in [-0.4, -0.2) is 30.4 Å². The summed E-state index contributed by atoms with van der Waals surface area (Å²) < 4.78 is 6.74. The first-order chi connectivity index (χ1) is 9.63. The molecule has 0 saturated heterocycles. The average Bonchev–Trinajstić information content (AvgIpc) is 2.44. The summed E-state index contributed by atoms with van der Waals surface area (Å²) in [5.74, 6) is 1.56. The quantitative estimate of drug-likeness (QED) is 0.779. The van der Waals surface area contributed by atoms with Crippen LogP contribution in [0.25, 0.3) is 0 Å². The van der Waals surface area contributed by atoms with Crippen molar-refractivity contribution in [1.82, 2.24) is 5.32 Å². The van der Waals surface area contributed by atoms with Gasteiger partial charge in [0, 0.05) is 16.6 Å². The van der Waals surface area contributed by atoms with E-state index in [0.29, 0.717) is 12.5 Å². The summed E-state index contributed by atoms with van der Waals surface area (Å²) >= 11 is 3.43. The fraction of sp³-hybridized carbons (Fsp3) is 0.625. The zero-order chi connectivity index (χ0) is 14.4. The molecule has 4 heteroatoms. The fourth-order valence-corrected chi connectivity index (χ4v) is 3.44. The molecular weight excluding hydrogens is 318 g/mol. The Bertz CT molecular complexity index is 427. The Morgan fingerprint density at radius 3 is 3.05 bits per heavy atom. The topological polar surface area (TPSA) is 41.5 Å². The highest BCUT2D eigenvalue weighted by atomic mass is 79.9. The third-order valence-electron chi connectivity index (χ3n) is 4.06. The largest absolute Gasteiger partial charge is 0.492 e. The molecule has 1 aromatic rings. The van der Waals surface area contributed by atoms with Crippen LogP contribution in [0.1, 0.15) is 32.6 Å². The van der Waals surface area contributed by atoms with Crippen LogP contribution in [0, 0.1) is 5.92 Å². The van der Waals surface area contributed by atoms with Crippen molar-refractivity contribution in [2.75, 3.05) is 19.8 Å². The van der Waals surface area contributed by atoms with Crippen molar-refractivity contribution in [2.24, 2.45) is 5.92 Å². The molecule has 2 N–H and O–H groups in total. The van der Waals surface area contributed by atoms with Crippen molar-refractivity contribution in [3.8, 4) is 5.75 Å². The van der Waals surface area contributed by atoms with E-state index in [1.165, 1.54) is 12.8 Å². The third kappa shape index (κ3) is 4.47. The number of ether oxygens (including phenoxy) is 1. The van der Waals surface area contributed by atoms with Crippen molar-refractivity contribution in [2.45, 2.75) is 38.1 Å². The second kappa shape index (κ2) is 7.43. The van der Waals surface area contributed by atoms with E-state index in [4.69, 9.17) is 4.74 Å². The monoisotopic (exact) mass is 341 g/mol. The minimum absolute atomic E-state index is 0.0989. The summed E-state index contributed by atoms with van der Waals surface area (Å²) in [5.41, 5.74) is -0.0989. The van der Waals surface area contributed by atoms with Crippen LogP contribution in [0.5, 0.6) is 5.75 Å². The number of aliphatic hydroxyl groups excluding tert-OH is 1. The molecule has 1 aromatic carbocycles. The predicted octanol–water partition coefficient (Wildman–Crippen LogP) is 3.36. The molecule has 0 aliphatic heterocycles. The number of rotatable bonds is 6. The molecule has 2 unspecified atom stereocenters. The summed E-state index contributed by atoms with van der Waals surface area (Å²) in [5, 5.41) is 13.2. The lowest BCUT2D eigenvalue weighted by Crippen LogP contribution is -2.52. The van der Waals surface area contributed by atoms with Gasteiger partial charge in [-0.25, -0.2) is 0 Å². The third-order valence-corrected chi connectivity index (χ3v) is 4.55. The van der Waals surface area contributed by atoms with Crippen molar-refractivity contribution >= 4 is 15.9 Å². The van der Waals surface area contributed by atoms with E-state index in [-0.39, 0.29) is 12.1 Å². The SMILES string of the molecule is CC1CCCC(CO)(NCCOc2cccc(Br)c2)C1. The zero-order valence-electron chi connectivity index (χ0n) is 12.1. The van der Waals surface area contributed by atoms with Crippen LogP contribution >= 0.6 is 15.9 Å². The van der Waals surface area contributed by atoms with Crippen molar-refractivity contribution < 1.29 is 9.84 Å². The first kappa shape index (κ1) is 15.8. The molecule has 0 aromatic heterocycles. The number of hydrogen-bond donors (Lipinski definition) is 2. The van der Waals surface area contributed by atoms with E-state index >= 15 is 0 Å². The number of halogens is 1. The zero-order valence-corrected chi connectivity index (χ0v) is 13.7.